The number of carboxylic acid groups (broad SMARTS) is 1. The Hall–Kier alpha value is -2.05. The molecule has 0 aromatic heterocycles. The average Bonchev–Trinajstić information content (AvgIpc) is 2.46. The quantitative estimate of drug-likeness (QED) is 0.849. The van der Waals surface area contributed by atoms with E-state index in [4.69, 9.17) is 5.11 Å². The normalized spacial score (nSPS) is 21.3. The molecule has 0 radical (unpaired) electrons. The van der Waals surface area contributed by atoms with E-state index >= 15 is 0 Å². The smallest absolute Gasteiger partial charge is 0.391 e. The van der Waals surface area contributed by atoms with Gasteiger partial charge in [-0.15, -0.1) is 0 Å². The van der Waals surface area contributed by atoms with Gasteiger partial charge in [-0.1, -0.05) is 12.1 Å². The number of carbonyl (C=O) groups excluding carboxylic acids is 1. The summed E-state index contributed by atoms with van der Waals surface area (Å²) < 4.78 is 37.9. The maximum absolute atomic E-state index is 12.6. The molecule has 132 valence electrons. The Kier molecular flexibility index (Phi) is 5.85. The van der Waals surface area contributed by atoms with E-state index in [0.717, 1.165) is 0 Å². The van der Waals surface area contributed by atoms with Crippen LogP contribution < -0.4 is 5.32 Å². The van der Waals surface area contributed by atoms with Crippen LogP contribution in [0.4, 0.5) is 18.9 Å². The van der Waals surface area contributed by atoms with Gasteiger partial charge in [-0.3, -0.25) is 9.59 Å². The van der Waals surface area contributed by atoms with Gasteiger partial charge in [-0.25, -0.2) is 0 Å². The molecule has 4 nitrogen and oxygen atoms in total. The Morgan fingerprint density at radius 2 is 1.83 bits per heavy atom. The van der Waals surface area contributed by atoms with Crippen LogP contribution in [-0.4, -0.2) is 23.2 Å². The van der Waals surface area contributed by atoms with Gasteiger partial charge in [-0.05, 0) is 49.3 Å². The largest absolute Gasteiger partial charge is 0.481 e. The lowest BCUT2D eigenvalue weighted by Gasteiger charge is -2.29. The summed E-state index contributed by atoms with van der Waals surface area (Å²) >= 11 is 0. The lowest BCUT2D eigenvalue weighted by atomic mass is 9.80. The van der Waals surface area contributed by atoms with Crippen LogP contribution in [-0.2, 0) is 16.0 Å². The second-order valence-corrected chi connectivity index (χ2v) is 6.28. The Balaban J connectivity index is 1.83. The van der Waals surface area contributed by atoms with Gasteiger partial charge >= 0.3 is 12.1 Å². The standard InChI is InChI=1S/C17H20F3NO3/c18-17(19,20)13-6-4-11(5-7-13)9-15(22)21-14-3-1-2-12(8-14)10-16(23)24/h1-3,8,11,13H,4-7,9-10H2,(H,21,22)(H,23,24). The Morgan fingerprint density at radius 1 is 1.17 bits per heavy atom. The highest BCUT2D eigenvalue weighted by Gasteiger charge is 2.41. The van der Waals surface area contributed by atoms with Crippen molar-refractivity contribution in [2.75, 3.05) is 5.32 Å². The number of carboxylic acids is 1. The third-order valence-electron chi connectivity index (χ3n) is 4.35. The number of rotatable bonds is 5. The molecule has 1 aromatic carbocycles. The second kappa shape index (κ2) is 7.68. The molecule has 0 spiro atoms. The molecule has 1 aliphatic carbocycles. The van der Waals surface area contributed by atoms with Gasteiger partial charge in [0.25, 0.3) is 0 Å². The topological polar surface area (TPSA) is 66.4 Å². The van der Waals surface area contributed by atoms with Crippen molar-refractivity contribution in [1.82, 2.24) is 0 Å². The number of aliphatic carboxylic acids is 1. The summed E-state index contributed by atoms with van der Waals surface area (Å²) in [5.74, 6) is -2.49. The minimum absolute atomic E-state index is 0.0363. The summed E-state index contributed by atoms with van der Waals surface area (Å²) in [6.07, 6.45) is -3.13. The van der Waals surface area contributed by atoms with Gasteiger partial charge in [0.15, 0.2) is 0 Å². The van der Waals surface area contributed by atoms with E-state index in [1.807, 2.05) is 0 Å². The molecule has 1 aromatic rings. The SMILES string of the molecule is O=C(O)Cc1cccc(NC(=O)CC2CCC(C(F)(F)F)CC2)c1. The van der Waals surface area contributed by atoms with Crippen molar-refractivity contribution < 1.29 is 27.9 Å². The highest BCUT2D eigenvalue weighted by molar-refractivity contribution is 5.91. The summed E-state index contributed by atoms with van der Waals surface area (Å²) in [5, 5.41) is 11.5. The molecule has 0 bridgehead atoms. The molecule has 0 heterocycles. The van der Waals surface area contributed by atoms with Crippen LogP contribution in [0.3, 0.4) is 0 Å². The molecule has 2 rings (SSSR count). The number of alkyl halides is 3. The van der Waals surface area contributed by atoms with E-state index in [1.54, 1.807) is 24.3 Å². The van der Waals surface area contributed by atoms with Gasteiger partial charge in [0.05, 0.1) is 12.3 Å². The van der Waals surface area contributed by atoms with E-state index in [-0.39, 0.29) is 37.5 Å². The zero-order chi connectivity index (χ0) is 17.7. The molecule has 2 N–H and O–H groups in total. The van der Waals surface area contributed by atoms with Crippen LogP contribution in [0.2, 0.25) is 0 Å². The molecule has 0 atom stereocenters. The molecule has 1 aliphatic rings. The highest BCUT2D eigenvalue weighted by Crippen LogP contribution is 2.40. The number of hydrogen-bond donors (Lipinski definition) is 2. The second-order valence-electron chi connectivity index (χ2n) is 6.28. The van der Waals surface area contributed by atoms with Crippen molar-refractivity contribution >= 4 is 17.6 Å². The molecule has 7 heteroatoms. The first-order valence-corrected chi connectivity index (χ1v) is 7.91. The molecular formula is C17H20F3NO3. The van der Waals surface area contributed by atoms with E-state index in [2.05, 4.69) is 5.32 Å². The fraction of sp³-hybridized carbons (Fsp3) is 0.529. The van der Waals surface area contributed by atoms with E-state index in [1.165, 1.54) is 0 Å². The summed E-state index contributed by atoms with van der Waals surface area (Å²) in [7, 11) is 0. The van der Waals surface area contributed by atoms with Crippen LogP contribution in [0.1, 0.15) is 37.7 Å². The van der Waals surface area contributed by atoms with Crippen LogP contribution in [0.15, 0.2) is 24.3 Å². The summed E-state index contributed by atoms with van der Waals surface area (Å²) in [4.78, 5) is 22.7. The Morgan fingerprint density at radius 3 is 2.42 bits per heavy atom. The number of hydrogen-bond acceptors (Lipinski definition) is 2. The third kappa shape index (κ3) is 5.54. The fourth-order valence-electron chi connectivity index (χ4n) is 3.10. The molecule has 0 aliphatic heterocycles. The van der Waals surface area contributed by atoms with Crippen molar-refractivity contribution in [1.29, 1.82) is 0 Å². The first kappa shape index (κ1) is 18.3. The minimum Gasteiger partial charge on any atom is -0.481 e. The van der Waals surface area contributed by atoms with E-state index in [9.17, 15) is 22.8 Å². The van der Waals surface area contributed by atoms with Crippen molar-refractivity contribution in [3.05, 3.63) is 29.8 Å². The first-order valence-electron chi connectivity index (χ1n) is 7.91. The van der Waals surface area contributed by atoms with Crippen molar-refractivity contribution in [2.45, 2.75) is 44.7 Å². The lowest BCUT2D eigenvalue weighted by molar-refractivity contribution is -0.184. The minimum atomic E-state index is -4.14. The maximum atomic E-state index is 12.6. The number of carbonyl (C=O) groups is 2. The summed E-state index contributed by atoms with van der Waals surface area (Å²) in [5.41, 5.74) is 1.08. The number of halogens is 3. The van der Waals surface area contributed by atoms with Gasteiger partial charge in [-0.2, -0.15) is 13.2 Å². The first-order chi connectivity index (χ1) is 11.2. The molecular weight excluding hydrogens is 323 g/mol. The number of anilines is 1. The predicted octanol–water partition coefficient (Wildman–Crippen LogP) is 4.01. The zero-order valence-electron chi connectivity index (χ0n) is 13.1. The van der Waals surface area contributed by atoms with Crippen LogP contribution in [0, 0.1) is 11.8 Å². The van der Waals surface area contributed by atoms with E-state index in [0.29, 0.717) is 24.1 Å². The van der Waals surface area contributed by atoms with Crippen molar-refractivity contribution in [2.24, 2.45) is 11.8 Å². The summed E-state index contributed by atoms with van der Waals surface area (Å²) in [6.45, 7) is 0. The van der Waals surface area contributed by atoms with Crippen molar-refractivity contribution in [3.63, 3.8) is 0 Å². The van der Waals surface area contributed by atoms with Gasteiger partial charge in [0.1, 0.15) is 0 Å². The van der Waals surface area contributed by atoms with Gasteiger partial charge in [0, 0.05) is 12.1 Å². The van der Waals surface area contributed by atoms with Crippen LogP contribution >= 0.6 is 0 Å². The summed E-state index contributed by atoms with van der Waals surface area (Å²) in [6, 6.07) is 6.56. The molecule has 24 heavy (non-hydrogen) atoms. The monoisotopic (exact) mass is 343 g/mol. The maximum Gasteiger partial charge on any atom is 0.391 e. The molecule has 1 fully saturated rings. The number of nitrogens with one attached hydrogen (secondary N) is 1. The highest BCUT2D eigenvalue weighted by atomic mass is 19.4. The molecule has 0 unspecified atom stereocenters. The van der Waals surface area contributed by atoms with Gasteiger partial charge in [0.2, 0.25) is 5.91 Å². The van der Waals surface area contributed by atoms with Crippen LogP contribution in [0.25, 0.3) is 0 Å². The Labute approximate surface area is 138 Å². The Bertz CT molecular complexity index is 593. The molecule has 1 saturated carbocycles. The number of benzene rings is 1. The van der Waals surface area contributed by atoms with Crippen molar-refractivity contribution in [3.8, 4) is 0 Å². The van der Waals surface area contributed by atoms with Crippen LogP contribution in [0.5, 0.6) is 0 Å². The zero-order valence-corrected chi connectivity index (χ0v) is 13.1. The predicted molar refractivity (Wildman–Crippen MR) is 82.5 cm³/mol. The van der Waals surface area contributed by atoms with Gasteiger partial charge < -0.3 is 10.4 Å². The third-order valence-corrected chi connectivity index (χ3v) is 4.35. The number of amides is 1. The molecule has 1 amide bonds. The lowest BCUT2D eigenvalue weighted by Crippen LogP contribution is -2.29. The van der Waals surface area contributed by atoms with E-state index < -0.39 is 18.1 Å². The fourth-order valence-corrected chi connectivity index (χ4v) is 3.10. The average molecular weight is 343 g/mol. The molecule has 0 saturated heterocycles.